The average molecular weight is 294 g/mol. The maximum absolute atomic E-state index is 12.1. The van der Waals surface area contributed by atoms with Crippen LogP contribution in [0.5, 0.6) is 11.5 Å². The Morgan fingerprint density at radius 1 is 1.24 bits per heavy atom. The molecule has 1 heterocycles. The molecule has 0 bridgehead atoms. The third kappa shape index (κ3) is 2.97. The number of phenolic OH excluding ortho intramolecular Hbond substituents is 2. The van der Waals surface area contributed by atoms with Gasteiger partial charge in [0.25, 0.3) is 0 Å². The van der Waals surface area contributed by atoms with Gasteiger partial charge in [-0.1, -0.05) is 0 Å². The van der Waals surface area contributed by atoms with E-state index < -0.39 is 5.97 Å². The van der Waals surface area contributed by atoms with E-state index in [1.54, 1.807) is 20.8 Å². The van der Waals surface area contributed by atoms with Crippen molar-refractivity contribution in [1.82, 2.24) is 0 Å². The lowest BCUT2D eigenvalue weighted by Crippen LogP contribution is -2.29. The number of hydrogen-bond donors (Lipinski definition) is 3. The Morgan fingerprint density at radius 2 is 1.90 bits per heavy atom. The van der Waals surface area contributed by atoms with Gasteiger partial charge >= 0.3 is 5.97 Å². The van der Waals surface area contributed by atoms with Gasteiger partial charge in [0.2, 0.25) is 0 Å². The molecule has 1 aliphatic heterocycles. The van der Waals surface area contributed by atoms with E-state index in [0.717, 1.165) is 6.42 Å². The third-order valence-electron chi connectivity index (χ3n) is 4.11. The molecular weight excluding hydrogens is 272 g/mol. The lowest BCUT2D eigenvalue weighted by molar-refractivity contribution is 0.0219. The quantitative estimate of drug-likeness (QED) is 0.742. The van der Waals surface area contributed by atoms with E-state index in [0.29, 0.717) is 36.0 Å². The standard InChI is InChI=1S/C16H22O5/c1-8(17)5-4-6-11-7-12-9(2)14(18)10(3)15(19)13(12)16(20)21-11/h8,11,17-19H,4-7H2,1-3H3/t8?,11-/m0/s1. The number of aliphatic hydroxyl groups excluding tert-OH is 1. The van der Waals surface area contributed by atoms with Crippen molar-refractivity contribution in [3.8, 4) is 11.5 Å². The molecule has 1 aromatic carbocycles. The second-order valence-corrected chi connectivity index (χ2v) is 5.81. The zero-order valence-electron chi connectivity index (χ0n) is 12.6. The minimum Gasteiger partial charge on any atom is -0.507 e. The summed E-state index contributed by atoms with van der Waals surface area (Å²) < 4.78 is 5.36. The van der Waals surface area contributed by atoms with Gasteiger partial charge in [-0.25, -0.2) is 4.79 Å². The first-order chi connectivity index (χ1) is 9.82. The predicted octanol–water partition coefficient (Wildman–Crippen LogP) is 2.35. The first-order valence-corrected chi connectivity index (χ1v) is 7.26. The van der Waals surface area contributed by atoms with Gasteiger partial charge in [-0.2, -0.15) is 0 Å². The Balaban J connectivity index is 2.25. The highest BCUT2D eigenvalue weighted by Crippen LogP contribution is 2.40. The highest BCUT2D eigenvalue weighted by molar-refractivity contribution is 5.96. The van der Waals surface area contributed by atoms with Crippen LogP contribution in [-0.4, -0.2) is 33.5 Å². The second-order valence-electron chi connectivity index (χ2n) is 5.81. The first-order valence-electron chi connectivity index (χ1n) is 7.26. The van der Waals surface area contributed by atoms with Crippen molar-refractivity contribution in [2.45, 2.75) is 58.7 Å². The summed E-state index contributed by atoms with van der Waals surface area (Å²) in [6.07, 6.45) is 1.91. The van der Waals surface area contributed by atoms with Crippen LogP contribution in [0.3, 0.4) is 0 Å². The van der Waals surface area contributed by atoms with Gasteiger partial charge in [-0.3, -0.25) is 0 Å². The van der Waals surface area contributed by atoms with Crippen molar-refractivity contribution in [1.29, 1.82) is 0 Å². The van der Waals surface area contributed by atoms with E-state index >= 15 is 0 Å². The molecule has 1 unspecified atom stereocenters. The molecule has 1 aromatic rings. The molecule has 0 radical (unpaired) electrons. The van der Waals surface area contributed by atoms with Crippen LogP contribution in [-0.2, 0) is 11.2 Å². The number of hydrogen-bond acceptors (Lipinski definition) is 5. The van der Waals surface area contributed by atoms with Crippen molar-refractivity contribution in [3.05, 3.63) is 22.3 Å². The van der Waals surface area contributed by atoms with E-state index in [1.165, 1.54) is 0 Å². The Labute approximate surface area is 124 Å². The summed E-state index contributed by atoms with van der Waals surface area (Å²) in [4.78, 5) is 12.1. The summed E-state index contributed by atoms with van der Waals surface area (Å²) in [6, 6.07) is 0. The number of aliphatic hydroxyl groups is 1. The largest absolute Gasteiger partial charge is 0.507 e. The normalized spacial score (nSPS) is 19.0. The number of rotatable bonds is 4. The van der Waals surface area contributed by atoms with Gasteiger partial charge < -0.3 is 20.1 Å². The number of carbonyl (C=O) groups excluding carboxylic acids is 1. The van der Waals surface area contributed by atoms with E-state index in [2.05, 4.69) is 0 Å². The molecule has 0 amide bonds. The number of carbonyl (C=O) groups is 1. The molecule has 2 rings (SSSR count). The third-order valence-corrected chi connectivity index (χ3v) is 4.11. The van der Waals surface area contributed by atoms with Gasteiger partial charge in [-0.15, -0.1) is 0 Å². The summed E-state index contributed by atoms with van der Waals surface area (Å²) in [7, 11) is 0. The Bertz CT molecular complexity index is 563. The maximum Gasteiger partial charge on any atom is 0.342 e. The molecule has 0 aromatic heterocycles. The number of esters is 1. The van der Waals surface area contributed by atoms with Crippen LogP contribution in [0.25, 0.3) is 0 Å². The van der Waals surface area contributed by atoms with Gasteiger partial charge in [0.15, 0.2) is 0 Å². The molecule has 0 saturated heterocycles. The number of benzene rings is 1. The smallest absolute Gasteiger partial charge is 0.342 e. The molecule has 0 saturated carbocycles. The lowest BCUT2D eigenvalue weighted by Gasteiger charge is -2.27. The highest BCUT2D eigenvalue weighted by atomic mass is 16.5. The van der Waals surface area contributed by atoms with Crippen LogP contribution in [0, 0.1) is 13.8 Å². The predicted molar refractivity (Wildman–Crippen MR) is 77.7 cm³/mol. The molecular formula is C16H22O5. The SMILES string of the molecule is Cc1c(O)c(C)c2c(c1O)C(=O)O[C@@H](CCCC(C)O)C2. The number of aromatic hydroxyl groups is 2. The van der Waals surface area contributed by atoms with Crippen molar-refractivity contribution < 1.29 is 24.9 Å². The molecule has 116 valence electrons. The van der Waals surface area contributed by atoms with Crippen LogP contribution < -0.4 is 0 Å². The number of fused-ring (bicyclic) bond motifs is 1. The van der Waals surface area contributed by atoms with Crippen LogP contribution >= 0.6 is 0 Å². The van der Waals surface area contributed by atoms with Crippen molar-refractivity contribution in [3.63, 3.8) is 0 Å². The summed E-state index contributed by atoms with van der Waals surface area (Å²) in [5.74, 6) is -0.703. The molecule has 3 N–H and O–H groups in total. The number of phenols is 2. The monoisotopic (exact) mass is 294 g/mol. The summed E-state index contributed by atoms with van der Waals surface area (Å²) >= 11 is 0. The van der Waals surface area contributed by atoms with Crippen molar-refractivity contribution >= 4 is 5.97 Å². The fourth-order valence-corrected chi connectivity index (χ4v) is 2.81. The lowest BCUT2D eigenvalue weighted by atomic mass is 9.89. The van der Waals surface area contributed by atoms with Crippen LogP contribution in [0.2, 0.25) is 0 Å². The molecule has 1 aliphatic rings. The topological polar surface area (TPSA) is 87.0 Å². The summed E-state index contributed by atoms with van der Waals surface area (Å²) in [5.41, 5.74) is 1.76. The second kappa shape index (κ2) is 5.93. The minimum atomic E-state index is -0.540. The fourth-order valence-electron chi connectivity index (χ4n) is 2.81. The van der Waals surface area contributed by atoms with Gasteiger partial charge in [0, 0.05) is 12.0 Å². The van der Waals surface area contributed by atoms with Crippen molar-refractivity contribution in [2.75, 3.05) is 0 Å². The molecule has 0 aliphatic carbocycles. The molecule has 21 heavy (non-hydrogen) atoms. The summed E-state index contributed by atoms with van der Waals surface area (Å²) in [6.45, 7) is 5.04. The van der Waals surface area contributed by atoms with Crippen LogP contribution in [0.4, 0.5) is 0 Å². The Morgan fingerprint density at radius 3 is 2.52 bits per heavy atom. The zero-order valence-corrected chi connectivity index (χ0v) is 12.6. The Kier molecular flexibility index (Phi) is 4.42. The minimum absolute atomic E-state index is 0.0312. The molecule has 2 atom stereocenters. The summed E-state index contributed by atoms with van der Waals surface area (Å²) in [5, 5.41) is 29.3. The molecule has 0 fully saturated rings. The molecule has 5 heteroatoms. The first kappa shape index (κ1) is 15.6. The molecule has 0 spiro atoms. The van der Waals surface area contributed by atoms with Gasteiger partial charge in [0.1, 0.15) is 23.2 Å². The van der Waals surface area contributed by atoms with Gasteiger partial charge in [-0.05, 0) is 51.2 Å². The van der Waals surface area contributed by atoms with Crippen LogP contribution in [0.1, 0.15) is 53.2 Å². The van der Waals surface area contributed by atoms with E-state index in [9.17, 15) is 20.1 Å². The molecule has 5 nitrogen and oxygen atoms in total. The average Bonchev–Trinajstić information content (AvgIpc) is 2.42. The zero-order chi connectivity index (χ0) is 15.7. The van der Waals surface area contributed by atoms with E-state index in [1.807, 2.05) is 0 Å². The highest BCUT2D eigenvalue weighted by Gasteiger charge is 2.32. The fraction of sp³-hybridized carbons (Fsp3) is 0.562. The maximum atomic E-state index is 12.1. The van der Waals surface area contributed by atoms with Gasteiger partial charge in [0.05, 0.1) is 6.10 Å². The number of ether oxygens (including phenoxy) is 1. The van der Waals surface area contributed by atoms with E-state index in [-0.39, 0.29) is 29.3 Å². The Hall–Kier alpha value is -1.75. The van der Waals surface area contributed by atoms with Crippen molar-refractivity contribution in [2.24, 2.45) is 0 Å². The van der Waals surface area contributed by atoms with Crippen LogP contribution in [0.15, 0.2) is 0 Å². The van der Waals surface area contributed by atoms with E-state index in [4.69, 9.17) is 4.74 Å². The number of cyclic esters (lactones) is 1.